The first kappa shape index (κ1) is 19.2. The van der Waals surface area contributed by atoms with Crippen molar-refractivity contribution in [2.24, 2.45) is 0 Å². The number of nitrogens with zero attached hydrogens (tertiary/aromatic N) is 2. The molecule has 1 aromatic carbocycles. The van der Waals surface area contributed by atoms with E-state index in [1.807, 2.05) is 23.8 Å². The van der Waals surface area contributed by atoms with Crippen LogP contribution in [0.4, 0.5) is 0 Å². The van der Waals surface area contributed by atoms with E-state index < -0.39 is 9.84 Å². The maximum atomic E-state index is 12.2. The molecule has 0 saturated carbocycles. The standard InChI is InChI=1S/C18H19N3O4S2/c1-12(13-3-5-15(6-4-13)27(2,23)24)19-16(22)7-8-17-20-18(21-25-17)14-9-10-26-11-14/h3-6,9-12H,7-8H2,1-2H3,(H,19,22)/t12-/m0/s1. The van der Waals surface area contributed by atoms with Gasteiger partial charge in [0, 0.05) is 30.0 Å². The molecular weight excluding hydrogens is 386 g/mol. The molecule has 0 aliphatic rings. The highest BCUT2D eigenvalue weighted by Gasteiger charge is 2.14. The van der Waals surface area contributed by atoms with Gasteiger partial charge in [-0.25, -0.2) is 8.42 Å². The largest absolute Gasteiger partial charge is 0.350 e. The second kappa shape index (κ2) is 8.01. The molecule has 0 unspecified atom stereocenters. The molecule has 1 amide bonds. The van der Waals surface area contributed by atoms with E-state index >= 15 is 0 Å². The summed E-state index contributed by atoms with van der Waals surface area (Å²) in [6, 6.07) is 8.15. The third-order valence-electron chi connectivity index (χ3n) is 4.00. The van der Waals surface area contributed by atoms with Crippen molar-refractivity contribution in [3.63, 3.8) is 0 Å². The van der Waals surface area contributed by atoms with Crippen LogP contribution >= 0.6 is 11.3 Å². The van der Waals surface area contributed by atoms with E-state index in [0.29, 0.717) is 18.1 Å². The van der Waals surface area contributed by atoms with E-state index in [-0.39, 0.29) is 23.3 Å². The number of aryl methyl sites for hydroxylation is 1. The average molecular weight is 406 g/mol. The van der Waals surface area contributed by atoms with Crippen LogP contribution in [-0.2, 0) is 21.1 Å². The van der Waals surface area contributed by atoms with Crippen molar-refractivity contribution < 1.29 is 17.7 Å². The lowest BCUT2D eigenvalue weighted by Crippen LogP contribution is -2.26. The molecule has 1 atom stereocenters. The van der Waals surface area contributed by atoms with Gasteiger partial charge >= 0.3 is 0 Å². The number of rotatable bonds is 7. The zero-order valence-electron chi connectivity index (χ0n) is 14.9. The second-order valence-corrected chi connectivity index (χ2v) is 8.95. The van der Waals surface area contributed by atoms with E-state index in [2.05, 4.69) is 15.5 Å². The summed E-state index contributed by atoms with van der Waals surface area (Å²) in [5, 5.41) is 10.7. The molecule has 1 N–H and O–H groups in total. The highest BCUT2D eigenvalue weighted by atomic mass is 32.2. The van der Waals surface area contributed by atoms with Crippen molar-refractivity contribution in [1.29, 1.82) is 0 Å². The van der Waals surface area contributed by atoms with Gasteiger partial charge in [0.05, 0.1) is 10.9 Å². The van der Waals surface area contributed by atoms with E-state index in [1.54, 1.807) is 23.5 Å². The van der Waals surface area contributed by atoms with Gasteiger partial charge in [-0.15, -0.1) is 0 Å². The van der Waals surface area contributed by atoms with Gasteiger partial charge in [0.2, 0.25) is 17.6 Å². The van der Waals surface area contributed by atoms with Crippen molar-refractivity contribution in [1.82, 2.24) is 15.5 Å². The summed E-state index contributed by atoms with van der Waals surface area (Å²) in [6.07, 6.45) is 1.73. The summed E-state index contributed by atoms with van der Waals surface area (Å²) in [5.41, 5.74) is 1.72. The molecule has 0 spiro atoms. The molecule has 0 saturated heterocycles. The Morgan fingerprint density at radius 1 is 1.26 bits per heavy atom. The zero-order valence-corrected chi connectivity index (χ0v) is 16.5. The Kier molecular flexibility index (Phi) is 5.71. The molecule has 2 heterocycles. The number of aromatic nitrogens is 2. The number of hydrogen-bond donors (Lipinski definition) is 1. The summed E-state index contributed by atoms with van der Waals surface area (Å²) in [7, 11) is -3.23. The van der Waals surface area contributed by atoms with Crippen LogP contribution in [0.15, 0.2) is 50.5 Å². The maximum Gasteiger partial charge on any atom is 0.227 e. The van der Waals surface area contributed by atoms with Crippen LogP contribution in [0.2, 0.25) is 0 Å². The fraction of sp³-hybridized carbons (Fsp3) is 0.278. The molecule has 3 rings (SSSR count). The lowest BCUT2D eigenvalue weighted by molar-refractivity contribution is -0.121. The van der Waals surface area contributed by atoms with Gasteiger partial charge in [0.25, 0.3) is 0 Å². The van der Waals surface area contributed by atoms with Gasteiger partial charge in [0.1, 0.15) is 0 Å². The van der Waals surface area contributed by atoms with Crippen LogP contribution in [0.3, 0.4) is 0 Å². The summed E-state index contributed by atoms with van der Waals surface area (Å²) >= 11 is 1.55. The fourth-order valence-corrected chi connectivity index (χ4v) is 3.75. The number of thiophene rings is 1. The second-order valence-electron chi connectivity index (χ2n) is 6.15. The maximum absolute atomic E-state index is 12.2. The normalized spacial score (nSPS) is 12.7. The van der Waals surface area contributed by atoms with E-state index in [4.69, 9.17) is 4.52 Å². The van der Waals surface area contributed by atoms with Crippen LogP contribution in [0.25, 0.3) is 11.4 Å². The molecule has 0 radical (unpaired) electrons. The third-order valence-corrected chi connectivity index (χ3v) is 5.81. The van der Waals surface area contributed by atoms with Gasteiger partial charge in [-0.3, -0.25) is 4.79 Å². The molecule has 0 aliphatic carbocycles. The summed E-state index contributed by atoms with van der Waals surface area (Å²) < 4.78 is 28.2. The molecule has 9 heteroatoms. The first-order valence-electron chi connectivity index (χ1n) is 8.27. The Bertz CT molecular complexity index is 1010. The first-order chi connectivity index (χ1) is 12.8. The molecule has 0 fully saturated rings. The first-order valence-corrected chi connectivity index (χ1v) is 11.1. The Labute approximate surface area is 161 Å². The molecule has 3 aromatic rings. The molecule has 7 nitrogen and oxygen atoms in total. The molecule has 0 bridgehead atoms. The van der Waals surface area contributed by atoms with E-state index in [9.17, 15) is 13.2 Å². The lowest BCUT2D eigenvalue weighted by atomic mass is 10.1. The summed E-state index contributed by atoms with van der Waals surface area (Å²) in [6.45, 7) is 1.84. The Morgan fingerprint density at radius 2 is 2.00 bits per heavy atom. The topological polar surface area (TPSA) is 102 Å². The average Bonchev–Trinajstić information content (AvgIpc) is 3.30. The lowest BCUT2D eigenvalue weighted by Gasteiger charge is -2.14. The highest BCUT2D eigenvalue weighted by Crippen LogP contribution is 2.19. The number of nitrogens with one attached hydrogen (secondary N) is 1. The molecular formula is C18H19N3O4S2. The number of amides is 1. The van der Waals surface area contributed by atoms with Gasteiger partial charge in [-0.2, -0.15) is 16.3 Å². The van der Waals surface area contributed by atoms with E-state index in [1.165, 1.54) is 12.1 Å². The molecule has 27 heavy (non-hydrogen) atoms. The predicted molar refractivity (Wildman–Crippen MR) is 102 cm³/mol. The number of sulfone groups is 1. The third kappa shape index (κ3) is 5.01. The zero-order chi connectivity index (χ0) is 19.4. The Balaban J connectivity index is 1.53. The predicted octanol–water partition coefficient (Wildman–Crippen LogP) is 3.01. The van der Waals surface area contributed by atoms with Gasteiger partial charge in [-0.1, -0.05) is 17.3 Å². The van der Waals surface area contributed by atoms with Crippen LogP contribution in [-0.4, -0.2) is 30.7 Å². The highest BCUT2D eigenvalue weighted by molar-refractivity contribution is 7.90. The Morgan fingerprint density at radius 3 is 2.63 bits per heavy atom. The van der Waals surface area contributed by atoms with Crippen molar-refractivity contribution in [3.8, 4) is 11.4 Å². The van der Waals surface area contributed by atoms with Crippen LogP contribution in [0.5, 0.6) is 0 Å². The van der Waals surface area contributed by atoms with E-state index in [0.717, 1.165) is 17.4 Å². The monoisotopic (exact) mass is 405 g/mol. The van der Waals surface area contributed by atoms with Gasteiger partial charge < -0.3 is 9.84 Å². The van der Waals surface area contributed by atoms with Crippen molar-refractivity contribution in [3.05, 3.63) is 52.5 Å². The molecule has 0 aliphatic heterocycles. The van der Waals surface area contributed by atoms with Crippen molar-refractivity contribution in [2.75, 3.05) is 6.26 Å². The van der Waals surface area contributed by atoms with Crippen molar-refractivity contribution >= 4 is 27.1 Å². The minimum Gasteiger partial charge on any atom is -0.350 e. The number of carbonyl (C=O) groups excluding carboxylic acids is 1. The Hall–Kier alpha value is -2.52. The minimum atomic E-state index is -3.23. The number of hydrogen-bond acceptors (Lipinski definition) is 7. The summed E-state index contributed by atoms with van der Waals surface area (Å²) in [4.78, 5) is 16.7. The van der Waals surface area contributed by atoms with Crippen molar-refractivity contribution in [2.45, 2.75) is 30.7 Å². The van der Waals surface area contributed by atoms with Gasteiger partial charge in [-0.05, 0) is 36.1 Å². The quantitative estimate of drug-likeness (QED) is 0.648. The van der Waals surface area contributed by atoms with Crippen LogP contribution < -0.4 is 5.32 Å². The number of benzene rings is 1. The SMILES string of the molecule is C[C@H](NC(=O)CCc1nc(-c2ccsc2)no1)c1ccc(S(C)(=O)=O)cc1. The van der Waals surface area contributed by atoms with Crippen LogP contribution in [0, 0.1) is 0 Å². The smallest absolute Gasteiger partial charge is 0.227 e. The number of carbonyl (C=O) groups is 1. The minimum absolute atomic E-state index is 0.148. The summed E-state index contributed by atoms with van der Waals surface area (Å²) in [5.74, 6) is 0.785. The van der Waals surface area contributed by atoms with Crippen LogP contribution in [0.1, 0.15) is 30.8 Å². The van der Waals surface area contributed by atoms with Gasteiger partial charge in [0.15, 0.2) is 9.84 Å². The molecule has 142 valence electrons. The fourth-order valence-electron chi connectivity index (χ4n) is 2.49. The molecule has 2 aromatic heterocycles.